The number of aryl methyl sites for hydroxylation is 1. The molecule has 3 aromatic heterocycles. The smallest absolute Gasteiger partial charge is 0.161 e. The molecular weight excluding hydrogens is 214 g/mol. The van der Waals surface area contributed by atoms with Crippen molar-refractivity contribution in [3.63, 3.8) is 0 Å². The summed E-state index contributed by atoms with van der Waals surface area (Å²) in [6, 6.07) is 5.90. The van der Waals surface area contributed by atoms with Crippen LogP contribution >= 0.6 is 0 Å². The molecule has 3 rings (SSSR count). The molecule has 0 saturated heterocycles. The summed E-state index contributed by atoms with van der Waals surface area (Å²) in [6.45, 7) is 2.39. The van der Waals surface area contributed by atoms with E-state index in [-0.39, 0.29) is 0 Å². The second-order valence-corrected chi connectivity index (χ2v) is 3.86. The summed E-state index contributed by atoms with van der Waals surface area (Å²) < 4.78 is 3.96. The topological polar surface area (TPSA) is 61.1 Å². The average molecular weight is 227 g/mol. The predicted octanol–water partition coefficient (Wildman–Crippen LogP) is 1.29. The maximum atomic E-state index is 5.82. The van der Waals surface area contributed by atoms with E-state index >= 15 is 0 Å². The van der Waals surface area contributed by atoms with Crippen molar-refractivity contribution in [1.82, 2.24) is 18.9 Å². The molecule has 0 aliphatic heterocycles. The summed E-state index contributed by atoms with van der Waals surface area (Å²) in [6.07, 6.45) is 5.64. The summed E-state index contributed by atoms with van der Waals surface area (Å²) >= 11 is 0. The number of hydrogen-bond donors (Lipinski definition) is 1. The quantitative estimate of drug-likeness (QED) is 0.717. The van der Waals surface area contributed by atoms with Gasteiger partial charge in [-0.2, -0.15) is 0 Å². The lowest BCUT2D eigenvalue weighted by Gasteiger charge is -2.03. The van der Waals surface area contributed by atoms with Crippen molar-refractivity contribution >= 4 is 5.65 Å². The first-order valence-corrected chi connectivity index (χ1v) is 5.47. The zero-order valence-corrected chi connectivity index (χ0v) is 9.54. The minimum atomic E-state index is 0.443. The molecule has 3 aromatic rings. The van der Waals surface area contributed by atoms with E-state index in [1.54, 1.807) is 6.20 Å². The first kappa shape index (κ1) is 10.0. The molecule has 0 amide bonds. The highest BCUT2D eigenvalue weighted by molar-refractivity contribution is 5.49. The van der Waals surface area contributed by atoms with E-state index in [2.05, 4.69) is 9.97 Å². The Labute approximate surface area is 98.5 Å². The zero-order chi connectivity index (χ0) is 11.8. The third-order valence-corrected chi connectivity index (χ3v) is 2.86. The molecule has 0 aromatic carbocycles. The highest BCUT2D eigenvalue weighted by Crippen LogP contribution is 2.17. The van der Waals surface area contributed by atoms with Crippen LogP contribution in [0, 0.1) is 6.92 Å². The molecule has 0 radical (unpaired) electrons. The second kappa shape index (κ2) is 3.71. The van der Waals surface area contributed by atoms with Gasteiger partial charge in [0.05, 0.1) is 5.69 Å². The van der Waals surface area contributed by atoms with Gasteiger partial charge in [0.2, 0.25) is 0 Å². The Kier molecular flexibility index (Phi) is 2.19. The van der Waals surface area contributed by atoms with Gasteiger partial charge in [0.1, 0.15) is 11.5 Å². The number of nitrogens with two attached hydrogens (primary N) is 1. The van der Waals surface area contributed by atoms with E-state index in [4.69, 9.17) is 5.73 Å². The van der Waals surface area contributed by atoms with Crippen LogP contribution in [0.5, 0.6) is 0 Å². The largest absolute Gasteiger partial charge is 0.325 e. The van der Waals surface area contributed by atoms with Crippen molar-refractivity contribution in [1.29, 1.82) is 0 Å². The molecule has 86 valence electrons. The van der Waals surface area contributed by atoms with Crippen LogP contribution in [0.15, 0.2) is 36.8 Å². The van der Waals surface area contributed by atoms with Crippen LogP contribution in [-0.2, 0) is 6.54 Å². The number of aromatic nitrogens is 4. The molecule has 2 N–H and O–H groups in total. The lowest BCUT2D eigenvalue weighted by atomic mass is 10.4. The Morgan fingerprint density at radius 3 is 2.88 bits per heavy atom. The molecule has 17 heavy (non-hydrogen) atoms. The summed E-state index contributed by atoms with van der Waals surface area (Å²) in [5.41, 5.74) is 7.71. The fourth-order valence-corrected chi connectivity index (χ4v) is 2.02. The lowest BCUT2D eigenvalue weighted by molar-refractivity contribution is 0.887. The third-order valence-electron chi connectivity index (χ3n) is 2.86. The molecule has 0 aliphatic carbocycles. The van der Waals surface area contributed by atoms with Crippen molar-refractivity contribution in [3.8, 4) is 5.82 Å². The zero-order valence-electron chi connectivity index (χ0n) is 9.54. The maximum absolute atomic E-state index is 5.82. The van der Waals surface area contributed by atoms with Crippen molar-refractivity contribution < 1.29 is 0 Å². The van der Waals surface area contributed by atoms with Gasteiger partial charge in [-0.25, -0.2) is 9.97 Å². The fourth-order valence-electron chi connectivity index (χ4n) is 2.02. The third kappa shape index (κ3) is 1.43. The van der Waals surface area contributed by atoms with Gasteiger partial charge in [0.15, 0.2) is 5.82 Å². The number of rotatable bonds is 2. The van der Waals surface area contributed by atoms with Gasteiger partial charge < -0.3 is 10.1 Å². The summed E-state index contributed by atoms with van der Waals surface area (Å²) in [5, 5.41) is 0. The van der Waals surface area contributed by atoms with E-state index in [1.807, 2.05) is 46.5 Å². The Bertz CT molecular complexity index is 664. The van der Waals surface area contributed by atoms with Gasteiger partial charge in [-0.05, 0) is 19.1 Å². The molecule has 0 spiro atoms. The number of pyridine rings is 1. The number of imidazole rings is 2. The van der Waals surface area contributed by atoms with Gasteiger partial charge in [0, 0.05) is 25.1 Å². The molecule has 0 aliphatic rings. The van der Waals surface area contributed by atoms with Gasteiger partial charge in [-0.3, -0.25) is 4.57 Å². The van der Waals surface area contributed by atoms with Crippen LogP contribution in [0.2, 0.25) is 0 Å². The molecule has 5 nitrogen and oxygen atoms in total. The van der Waals surface area contributed by atoms with E-state index in [0.29, 0.717) is 6.54 Å². The van der Waals surface area contributed by atoms with Crippen LogP contribution in [-0.4, -0.2) is 18.9 Å². The summed E-state index contributed by atoms with van der Waals surface area (Å²) in [4.78, 5) is 8.80. The van der Waals surface area contributed by atoms with Gasteiger partial charge in [0.25, 0.3) is 0 Å². The van der Waals surface area contributed by atoms with Gasteiger partial charge >= 0.3 is 0 Å². The first-order valence-electron chi connectivity index (χ1n) is 5.47. The van der Waals surface area contributed by atoms with Crippen LogP contribution < -0.4 is 5.73 Å². The summed E-state index contributed by atoms with van der Waals surface area (Å²) in [5.74, 6) is 1.76. The maximum Gasteiger partial charge on any atom is 0.161 e. The van der Waals surface area contributed by atoms with Crippen LogP contribution in [0.1, 0.15) is 11.5 Å². The van der Waals surface area contributed by atoms with Crippen molar-refractivity contribution in [2.45, 2.75) is 13.5 Å². The Hall–Kier alpha value is -2.14. The lowest BCUT2D eigenvalue weighted by Crippen LogP contribution is -2.06. The minimum Gasteiger partial charge on any atom is -0.325 e. The number of fused-ring (bicyclic) bond motifs is 1. The van der Waals surface area contributed by atoms with Crippen molar-refractivity contribution in [2.75, 3.05) is 0 Å². The van der Waals surface area contributed by atoms with Gasteiger partial charge in [-0.15, -0.1) is 0 Å². The Morgan fingerprint density at radius 2 is 2.18 bits per heavy atom. The monoisotopic (exact) mass is 227 g/mol. The molecule has 0 unspecified atom stereocenters. The first-order chi connectivity index (χ1) is 8.31. The Balaban J connectivity index is 2.33. The molecular formula is C12H13N5. The second-order valence-electron chi connectivity index (χ2n) is 3.86. The van der Waals surface area contributed by atoms with E-state index in [1.165, 1.54) is 0 Å². The molecule has 0 bridgehead atoms. The normalized spacial score (nSPS) is 11.2. The van der Waals surface area contributed by atoms with Crippen molar-refractivity contribution in [3.05, 3.63) is 48.3 Å². The number of hydrogen-bond acceptors (Lipinski definition) is 3. The standard InChI is InChI=1S/C12H13N5/c1-9-14-5-7-16(9)12-10(8-13)17-6-3-2-4-11(17)15-12/h2-7H,8,13H2,1H3. The highest BCUT2D eigenvalue weighted by Gasteiger charge is 2.13. The SMILES string of the molecule is Cc1nccn1-c1nc2ccccn2c1CN. The van der Waals surface area contributed by atoms with Gasteiger partial charge in [-0.1, -0.05) is 6.07 Å². The molecule has 0 atom stereocenters. The fraction of sp³-hybridized carbons (Fsp3) is 0.167. The predicted molar refractivity (Wildman–Crippen MR) is 64.9 cm³/mol. The molecule has 0 saturated carbocycles. The molecule has 5 heteroatoms. The molecule has 0 fully saturated rings. The summed E-state index contributed by atoms with van der Waals surface area (Å²) in [7, 11) is 0. The van der Waals surface area contributed by atoms with Crippen LogP contribution in [0.4, 0.5) is 0 Å². The Morgan fingerprint density at radius 1 is 1.29 bits per heavy atom. The van der Waals surface area contributed by atoms with E-state index < -0.39 is 0 Å². The van der Waals surface area contributed by atoms with Crippen molar-refractivity contribution in [2.24, 2.45) is 5.73 Å². The van der Waals surface area contributed by atoms with E-state index in [9.17, 15) is 0 Å². The van der Waals surface area contributed by atoms with E-state index in [0.717, 1.165) is 23.0 Å². The van der Waals surface area contributed by atoms with Crippen LogP contribution in [0.3, 0.4) is 0 Å². The average Bonchev–Trinajstić information content (AvgIpc) is 2.91. The number of nitrogens with zero attached hydrogens (tertiary/aromatic N) is 4. The van der Waals surface area contributed by atoms with Crippen LogP contribution in [0.25, 0.3) is 11.5 Å². The minimum absolute atomic E-state index is 0.443. The molecule has 3 heterocycles. The highest BCUT2D eigenvalue weighted by atomic mass is 15.2.